The smallest absolute Gasteiger partial charge is 0.363 e. The van der Waals surface area contributed by atoms with Crippen LogP contribution in [0.5, 0.6) is 11.5 Å². The normalized spacial score (nSPS) is 14.8. The zero-order chi connectivity index (χ0) is 18.7. The van der Waals surface area contributed by atoms with Crippen molar-refractivity contribution in [3.63, 3.8) is 0 Å². The summed E-state index contributed by atoms with van der Waals surface area (Å²) in [7, 11) is 1.47. The van der Waals surface area contributed by atoms with E-state index in [-0.39, 0.29) is 17.3 Å². The maximum Gasteiger partial charge on any atom is 0.363 e. The second kappa shape index (κ2) is 7.41. The van der Waals surface area contributed by atoms with E-state index in [1.165, 1.54) is 20.1 Å². The maximum atomic E-state index is 12.1. The highest BCUT2D eigenvalue weighted by atomic mass is 35.5. The number of rotatable bonds is 4. The molecule has 2 aromatic carbocycles. The summed E-state index contributed by atoms with van der Waals surface area (Å²) in [6.07, 6.45) is 1.54. The van der Waals surface area contributed by atoms with Crippen molar-refractivity contribution in [3.05, 3.63) is 64.3 Å². The minimum Gasteiger partial charge on any atom is -0.493 e. The topological polar surface area (TPSA) is 74.2 Å². The average Bonchev–Trinajstić information content (AvgIpc) is 2.96. The molecular formula is C19H14ClNO5. The van der Waals surface area contributed by atoms with Crippen LogP contribution >= 0.6 is 11.6 Å². The van der Waals surface area contributed by atoms with E-state index in [4.69, 9.17) is 25.8 Å². The van der Waals surface area contributed by atoms with Crippen molar-refractivity contribution >= 4 is 35.5 Å². The SMILES string of the molecule is COc1ccc(C=C2N=C(c3ccc(Cl)cc3)OC2=O)cc1OC(C)=O. The van der Waals surface area contributed by atoms with Crippen LogP contribution in [0.1, 0.15) is 18.1 Å². The van der Waals surface area contributed by atoms with E-state index in [2.05, 4.69) is 4.99 Å². The van der Waals surface area contributed by atoms with Gasteiger partial charge in [0, 0.05) is 17.5 Å². The van der Waals surface area contributed by atoms with Gasteiger partial charge in [0.1, 0.15) is 0 Å². The van der Waals surface area contributed by atoms with Gasteiger partial charge in [-0.05, 0) is 48.0 Å². The van der Waals surface area contributed by atoms with Crippen LogP contribution in [-0.4, -0.2) is 24.9 Å². The summed E-state index contributed by atoms with van der Waals surface area (Å²) in [5.41, 5.74) is 1.38. The fraction of sp³-hybridized carbons (Fsp3) is 0.105. The number of ether oxygens (including phenoxy) is 3. The Bertz CT molecular complexity index is 931. The number of nitrogens with zero attached hydrogens (tertiary/aromatic N) is 1. The molecule has 0 radical (unpaired) electrons. The van der Waals surface area contributed by atoms with E-state index in [0.29, 0.717) is 21.9 Å². The van der Waals surface area contributed by atoms with E-state index in [0.717, 1.165) is 0 Å². The van der Waals surface area contributed by atoms with E-state index >= 15 is 0 Å². The highest BCUT2D eigenvalue weighted by Crippen LogP contribution is 2.30. The van der Waals surface area contributed by atoms with Gasteiger partial charge in [-0.3, -0.25) is 4.79 Å². The Kier molecular flexibility index (Phi) is 5.04. The molecule has 0 aliphatic carbocycles. The predicted octanol–water partition coefficient (Wildman–Crippen LogP) is 3.62. The van der Waals surface area contributed by atoms with Gasteiger partial charge in [0.2, 0.25) is 5.90 Å². The molecule has 0 spiro atoms. The van der Waals surface area contributed by atoms with Crippen LogP contribution in [0.15, 0.2) is 53.2 Å². The molecule has 0 atom stereocenters. The third kappa shape index (κ3) is 3.92. The van der Waals surface area contributed by atoms with Gasteiger partial charge in [0.05, 0.1) is 7.11 Å². The fourth-order valence-electron chi connectivity index (χ4n) is 2.30. The number of hydrogen-bond acceptors (Lipinski definition) is 6. The first kappa shape index (κ1) is 17.7. The molecule has 0 fully saturated rings. The van der Waals surface area contributed by atoms with Crippen LogP contribution in [0.4, 0.5) is 0 Å². The predicted molar refractivity (Wildman–Crippen MR) is 96.4 cm³/mol. The Labute approximate surface area is 154 Å². The molecule has 132 valence electrons. The number of carbonyl (C=O) groups excluding carboxylic acids is 2. The third-order valence-corrected chi connectivity index (χ3v) is 3.71. The fourth-order valence-corrected chi connectivity index (χ4v) is 2.43. The summed E-state index contributed by atoms with van der Waals surface area (Å²) in [6, 6.07) is 11.7. The van der Waals surface area contributed by atoms with Gasteiger partial charge < -0.3 is 14.2 Å². The van der Waals surface area contributed by atoms with Crippen LogP contribution in [0.3, 0.4) is 0 Å². The van der Waals surface area contributed by atoms with E-state index in [1.54, 1.807) is 42.5 Å². The van der Waals surface area contributed by atoms with Crippen molar-refractivity contribution in [3.8, 4) is 11.5 Å². The number of halogens is 1. The second-order valence-electron chi connectivity index (χ2n) is 5.35. The van der Waals surface area contributed by atoms with Crippen molar-refractivity contribution in [1.82, 2.24) is 0 Å². The van der Waals surface area contributed by atoms with E-state index in [1.807, 2.05) is 0 Å². The quantitative estimate of drug-likeness (QED) is 0.466. The lowest BCUT2D eigenvalue weighted by Crippen LogP contribution is -2.05. The average molecular weight is 372 g/mol. The summed E-state index contributed by atoms with van der Waals surface area (Å²) < 4.78 is 15.5. The van der Waals surface area contributed by atoms with Gasteiger partial charge >= 0.3 is 11.9 Å². The standard InChI is InChI=1S/C19H14ClNO5/c1-11(22)25-17-10-12(3-8-16(17)24-2)9-15-19(23)26-18(21-15)13-4-6-14(20)7-5-13/h3-10H,1-2H3. The van der Waals surface area contributed by atoms with Gasteiger partial charge in [-0.1, -0.05) is 17.7 Å². The molecule has 3 rings (SSSR count). The van der Waals surface area contributed by atoms with Gasteiger partial charge in [0.15, 0.2) is 17.2 Å². The Hall–Kier alpha value is -3.12. The van der Waals surface area contributed by atoms with Gasteiger partial charge in [-0.15, -0.1) is 0 Å². The molecule has 26 heavy (non-hydrogen) atoms. The van der Waals surface area contributed by atoms with E-state index in [9.17, 15) is 9.59 Å². The van der Waals surface area contributed by atoms with Gasteiger partial charge in [0.25, 0.3) is 0 Å². The highest BCUT2D eigenvalue weighted by Gasteiger charge is 2.24. The molecule has 1 aliphatic heterocycles. The molecule has 1 aliphatic rings. The van der Waals surface area contributed by atoms with Crippen LogP contribution in [0.25, 0.3) is 6.08 Å². The van der Waals surface area contributed by atoms with Gasteiger partial charge in [-0.2, -0.15) is 0 Å². The Morgan fingerprint density at radius 3 is 2.54 bits per heavy atom. The molecule has 0 unspecified atom stereocenters. The number of hydrogen-bond donors (Lipinski definition) is 0. The van der Waals surface area contributed by atoms with Crippen molar-refractivity contribution in [2.45, 2.75) is 6.92 Å². The Balaban J connectivity index is 1.92. The molecule has 0 amide bonds. The van der Waals surface area contributed by atoms with Crippen molar-refractivity contribution < 1.29 is 23.8 Å². The lowest BCUT2D eigenvalue weighted by Gasteiger charge is -2.08. The Morgan fingerprint density at radius 2 is 1.88 bits per heavy atom. The van der Waals surface area contributed by atoms with Crippen LogP contribution in [0, 0.1) is 0 Å². The molecular weight excluding hydrogens is 358 g/mol. The highest BCUT2D eigenvalue weighted by molar-refractivity contribution is 6.30. The molecule has 1 heterocycles. The minimum atomic E-state index is -0.570. The molecule has 0 aromatic heterocycles. The Morgan fingerprint density at radius 1 is 1.15 bits per heavy atom. The first-order chi connectivity index (χ1) is 12.5. The zero-order valence-electron chi connectivity index (χ0n) is 14.0. The lowest BCUT2D eigenvalue weighted by atomic mass is 10.1. The second-order valence-corrected chi connectivity index (χ2v) is 5.78. The molecule has 7 heteroatoms. The third-order valence-electron chi connectivity index (χ3n) is 3.46. The van der Waals surface area contributed by atoms with Crippen molar-refractivity contribution in [1.29, 1.82) is 0 Å². The molecule has 0 bridgehead atoms. The number of benzene rings is 2. The van der Waals surface area contributed by atoms with Crippen molar-refractivity contribution in [2.24, 2.45) is 4.99 Å². The molecule has 0 N–H and O–H groups in total. The molecule has 0 saturated heterocycles. The summed E-state index contributed by atoms with van der Waals surface area (Å²) in [5, 5.41) is 0.575. The van der Waals surface area contributed by atoms with Crippen LogP contribution < -0.4 is 9.47 Å². The summed E-state index contributed by atoms with van der Waals surface area (Å²) >= 11 is 5.85. The number of aliphatic imine (C=N–C) groups is 1. The zero-order valence-corrected chi connectivity index (χ0v) is 14.7. The summed E-state index contributed by atoms with van der Waals surface area (Å²) in [6.45, 7) is 1.29. The first-order valence-electron chi connectivity index (χ1n) is 7.61. The van der Waals surface area contributed by atoms with Crippen molar-refractivity contribution in [2.75, 3.05) is 7.11 Å². The molecule has 2 aromatic rings. The maximum absolute atomic E-state index is 12.1. The lowest BCUT2D eigenvalue weighted by molar-refractivity contribution is -0.132. The first-order valence-corrected chi connectivity index (χ1v) is 7.99. The van der Waals surface area contributed by atoms with E-state index < -0.39 is 11.9 Å². The molecule has 0 saturated carbocycles. The number of esters is 2. The van der Waals surface area contributed by atoms with Gasteiger partial charge in [-0.25, -0.2) is 9.79 Å². The largest absolute Gasteiger partial charge is 0.493 e. The van der Waals surface area contributed by atoms with Crippen LogP contribution in [0.2, 0.25) is 5.02 Å². The monoisotopic (exact) mass is 371 g/mol. The van der Waals surface area contributed by atoms with Crippen LogP contribution in [-0.2, 0) is 14.3 Å². The number of carbonyl (C=O) groups is 2. The summed E-state index contributed by atoms with van der Waals surface area (Å²) in [4.78, 5) is 27.5. The number of cyclic esters (lactones) is 1. The number of methoxy groups -OCH3 is 1. The molecule has 6 nitrogen and oxygen atoms in total. The summed E-state index contributed by atoms with van der Waals surface area (Å²) in [5.74, 6) is -0.188. The minimum absolute atomic E-state index is 0.133.